The molecule has 4 nitrogen and oxygen atoms in total. The van der Waals surface area contributed by atoms with Gasteiger partial charge in [-0.2, -0.15) is 0 Å². The maximum Gasteiger partial charge on any atom is 0.330 e. The summed E-state index contributed by atoms with van der Waals surface area (Å²) in [5.74, 6) is 0.692. The number of carbonyl (C=O) groups excluding carboxylic acids is 1. The van der Waals surface area contributed by atoms with Crippen LogP contribution in [-0.4, -0.2) is 30.1 Å². The number of rotatable bonds is 7. The minimum atomic E-state index is -0.272. The maximum atomic E-state index is 11.2. The summed E-state index contributed by atoms with van der Waals surface area (Å²) in [7, 11) is 0. The number of nitrogens with zero attached hydrogens (tertiary/aromatic N) is 1. The molecule has 0 aliphatic heterocycles. The van der Waals surface area contributed by atoms with Crippen molar-refractivity contribution in [1.82, 2.24) is 4.90 Å². The molecule has 0 N–H and O–H groups in total. The number of hydrogen-bond acceptors (Lipinski definition) is 4. The van der Waals surface area contributed by atoms with Gasteiger partial charge in [0.25, 0.3) is 0 Å². The second-order valence-electron chi connectivity index (χ2n) is 4.39. The zero-order chi connectivity index (χ0) is 12.8. The van der Waals surface area contributed by atoms with Gasteiger partial charge in [-0.15, -0.1) is 0 Å². The van der Waals surface area contributed by atoms with Gasteiger partial charge in [-0.25, -0.2) is 4.79 Å². The van der Waals surface area contributed by atoms with Gasteiger partial charge >= 0.3 is 5.97 Å². The highest BCUT2D eigenvalue weighted by molar-refractivity contribution is 5.81. The number of ether oxygens (including phenoxy) is 1. The van der Waals surface area contributed by atoms with E-state index in [0.717, 1.165) is 18.8 Å². The average molecular weight is 249 g/mol. The van der Waals surface area contributed by atoms with Crippen molar-refractivity contribution in [2.75, 3.05) is 13.2 Å². The van der Waals surface area contributed by atoms with Crippen LogP contribution in [0.2, 0.25) is 0 Å². The minimum Gasteiger partial charge on any atom is -0.468 e. The Balaban J connectivity index is 1.81. The van der Waals surface area contributed by atoms with Crippen molar-refractivity contribution in [3.63, 3.8) is 0 Å². The van der Waals surface area contributed by atoms with Crippen LogP contribution in [-0.2, 0) is 16.1 Å². The average Bonchev–Trinajstić information content (AvgIpc) is 3.07. The molecule has 0 saturated heterocycles. The van der Waals surface area contributed by atoms with Gasteiger partial charge in [0.15, 0.2) is 0 Å². The smallest absolute Gasteiger partial charge is 0.330 e. The third kappa shape index (κ3) is 4.04. The molecule has 1 aromatic heterocycles. The molecular formula is C14H19NO3. The maximum absolute atomic E-state index is 11.2. The summed E-state index contributed by atoms with van der Waals surface area (Å²) in [6.07, 6.45) is 7.51. The Morgan fingerprint density at radius 2 is 2.44 bits per heavy atom. The lowest BCUT2D eigenvalue weighted by molar-refractivity contribution is -0.137. The van der Waals surface area contributed by atoms with E-state index in [0.29, 0.717) is 12.6 Å². The molecule has 1 heterocycles. The lowest BCUT2D eigenvalue weighted by Crippen LogP contribution is -2.25. The zero-order valence-electron chi connectivity index (χ0n) is 10.7. The fourth-order valence-corrected chi connectivity index (χ4v) is 1.86. The van der Waals surface area contributed by atoms with Crippen LogP contribution >= 0.6 is 0 Å². The third-order valence-electron chi connectivity index (χ3n) is 2.88. The number of furan rings is 1. The SMILES string of the molecule is CCOC(=O)/C=C/CN(Cc1ccco1)C1CC1. The quantitative estimate of drug-likeness (QED) is 0.549. The van der Waals surface area contributed by atoms with Gasteiger partial charge in [0, 0.05) is 18.7 Å². The summed E-state index contributed by atoms with van der Waals surface area (Å²) < 4.78 is 10.2. The first-order valence-corrected chi connectivity index (χ1v) is 6.39. The van der Waals surface area contributed by atoms with Crippen molar-refractivity contribution >= 4 is 5.97 Å². The Labute approximate surface area is 107 Å². The van der Waals surface area contributed by atoms with Crippen LogP contribution in [0.5, 0.6) is 0 Å². The van der Waals surface area contributed by atoms with E-state index in [-0.39, 0.29) is 5.97 Å². The second-order valence-corrected chi connectivity index (χ2v) is 4.39. The van der Waals surface area contributed by atoms with Gasteiger partial charge in [0.2, 0.25) is 0 Å². The van der Waals surface area contributed by atoms with Crippen molar-refractivity contribution < 1.29 is 13.9 Å². The van der Waals surface area contributed by atoms with Crippen molar-refractivity contribution in [1.29, 1.82) is 0 Å². The highest BCUT2D eigenvalue weighted by atomic mass is 16.5. The summed E-state index contributed by atoms with van der Waals surface area (Å²) in [6.45, 7) is 3.77. The Kier molecular flexibility index (Phi) is 4.59. The van der Waals surface area contributed by atoms with Crippen molar-refractivity contribution in [2.24, 2.45) is 0 Å². The molecule has 2 rings (SSSR count). The van der Waals surface area contributed by atoms with E-state index in [1.165, 1.54) is 18.9 Å². The highest BCUT2D eigenvalue weighted by Crippen LogP contribution is 2.28. The molecule has 4 heteroatoms. The summed E-state index contributed by atoms with van der Waals surface area (Å²) in [4.78, 5) is 13.5. The van der Waals surface area contributed by atoms with Gasteiger partial charge in [0.1, 0.15) is 5.76 Å². The number of esters is 1. The highest BCUT2D eigenvalue weighted by Gasteiger charge is 2.28. The van der Waals surface area contributed by atoms with Crippen LogP contribution < -0.4 is 0 Å². The molecule has 0 spiro atoms. The zero-order valence-corrected chi connectivity index (χ0v) is 10.7. The predicted octanol–water partition coefficient (Wildman–Crippen LogP) is 2.36. The van der Waals surface area contributed by atoms with Crippen molar-refractivity contribution in [3.05, 3.63) is 36.3 Å². The van der Waals surface area contributed by atoms with E-state index in [9.17, 15) is 4.79 Å². The van der Waals surface area contributed by atoms with Crippen LogP contribution in [0.1, 0.15) is 25.5 Å². The van der Waals surface area contributed by atoms with Gasteiger partial charge in [-0.1, -0.05) is 6.08 Å². The van der Waals surface area contributed by atoms with Gasteiger partial charge < -0.3 is 9.15 Å². The first kappa shape index (κ1) is 12.9. The van der Waals surface area contributed by atoms with E-state index in [4.69, 9.17) is 9.15 Å². The molecule has 0 atom stereocenters. The molecule has 0 radical (unpaired) electrons. The summed E-state index contributed by atoms with van der Waals surface area (Å²) in [6, 6.07) is 4.50. The summed E-state index contributed by atoms with van der Waals surface area (Å²) in [5, 5.41) is 0. The molecule has 0 amide bonds. The standard InChI is InChI=1S/C14H19NO3/c1-2-17-14(16)6-3-9-15(12-7-8-12)11-13-5-4-10-18-13/h3-6,10,12H,2,7-9,11H2,1H3/b6-3+. The number of hydrogen-bond donors (Lipinski definition) is 0. The molecular weight excluding hydrogens is 230 g/mol. The molecule has 1 saturated carbocycles. The lowest BCUT2D eigenvalue weighted by atomic mass is 10.3. The lowest BCUT2D eigenvalue weighted by Gasteiger charge is -2.18. The first-order chi connectivity index (χ1) is 8.79. The van der Waals surface area contributed by atoms with Gasteiger partial charge in [0.05, 0.1) is 19.4 Å². The van der Waals surface area contributed by atoms with Crippen LogP contribution in [0, 0.1) is 0 Å². The normalized spacial score (nSPS) is 15.4. The summed E-state index contributed by atoms with van der Waals surface area (Å²) >= 11 is 0. The molecule has 98 valence electrons. The molecule has 0 bridgehead atoms. The van der Waals surface area contributed by atoms with E-state index >= 15 is 0 Å². The number of carbonyl (C=O) groups is 1. The molecule has 1 aliphatic rings. The molecule has 1 aliphatic carbocycles. The molecule has 1 aromatic rings. The molecule has 18 heavy (non-hydrogen) atoms. The van der Waals surface area contributed by atoms with Crippen LogP contribution in [0.25, 0.3) is 0 Å². The van der Waals surface area contributed by atoms with Crippen molar-refractivity contribution in [3.8, 4) is 0 Å². The summed E-state index contributed by atoms with van der Waals surface area (Å²) in [5.41, 5.74) is 0. The third-order valence-corrected chi connectivity index (χ3v) is 2.88. The fraction of sp³-hybridized carbons (Fsp3) is 0.500. The fourth-order valence-electron chi connectivity index (χ4n) is 1.86. The van der Waals surface area contributed by atoms with E-state index < -0.39 is 0 Å². The molecule has 1 fully saturated rings. The Morgan fingerprint density at radius 3 is 3.06 bits per heavy atom. The predicted molar refractivity (Wildman–Crippen MR) is 67.9 cm³/mol. The molecule has 0 unspecified atom stereocenters. The van der Waals surface area contributed by atoms with Crippen LogP contribution in [0.4, 0.5) is 0 Å². The monoisotopic (exact) mass is 249 g/mol. The minimum absolute atomic E-state index is 0.272. The van der Waals surface area contributed by atoms with E-state index in [1.54, 1.807) is 13.2 Å². The Morgan fingerprint density at radius 1 is 1.61 bits per heavy atom. The van der Waals surface area contributed by atoms with Gasteiger partial charge in [-0.3, -0.25) is 4.90 Å². The Bertz CT molecular complexity index is 393. The second kappa shape index (κ2) is 6.40. The van der Waals surface area contributed by atoms with Gasteiger partial charge in [-0.05, 0) is 31.9 Å². The Hall–Kier alpha value is -1.55. The molecule has 0 aromatic carbocycles. The van der Waals surface area contributed by atoms with E-state index in [1.807, 2.05) is 18.2 Å². The largest absolute Gasteiger partial charge is 0.468 e. The first-order valence-electron chi connectivity index (χ1n) is 6.39. The topological polar surface area (TPSA) is 42.7 Å². The van der Waals surface area contributed by atoms with Crippen LogP contribution in [0.15, 0.2) is 35.0 Å². The van der Waals surface area contributed by atoms with Crippen molar-refractivity contribution in [2.45, 2.75) is 32.4 Å². The van der Waals surface area contributed by atoms with Crippen LogP contribution in [0.3, 0.4) is 0 Å². The van der Waals surface area contributed by atoms with E-state index in [2.05, 4.69) is 4.90 Å².